The van der Waals surface area contributed by atoms with E-state index in [0.717, 1.165) is 12.8 Å². The molecule has 2 saturated heterocycles. The minimum Gasteiger partial charge on any atom is -0.491 e. The number of hydrogen-bond donors (Lipinski definition) is 2. The summed E-state index contributed by atoms with van der Waals surface area (Å²) >= 11 is 0. The van der Waals surface area contributed by atoms with Gasteiger partial charge >= 0.3 is 11.9 Å². The lowest BCUT2D eigenvalue weighted by atomic mass is 9.82. The van der Waals surface area contributed by atoms with Gasteiger partial charge in [0.15, 0.2) is 34.7 Å². The first-order valence-electron chi connectivity index (χ1n) is 39.1. The zero-order valence-corrected chi connectivity index (χ0v) is 66.9. The van der Waals surface area contributed by atoms with E-state index in [1.807, 2.05) is 38.2 Å². The molecule has 2 N–H and O–H groups in total. The third-order valence-electron chi connectivity index (χ3n) is 22.7. The van der Waals surface area contributed by atoms with E-state index in [9.17, 15) is 55.2 Å². The molecule has 6 fully saturated rings. The number of benzene rings is 2. The number of carbonyl (C=O) groups is 8. The third kappa shape index (κ3) is 19.8. The monoisotopic (exact) mass is 1570 g/mol. The SMILES string of the molecule is CCOc1cc2ccnc(O[C@@H]3C[C@H]4C(=O)C[C@]5(C(=O)NS(=O)(=O)C6CC6)C[C@H]5/C=C\CC[C@@H](C)C[C@@H](C)[C@H](CC(=O)OC(C)(C)C)C(=O)N4C3)c2cc1F.CCOc1cc2ccnc(O[C@@H]3C[C@H]4C(=O)C[C@]5(C(=O)NS(=O)(=O)C6CC6)C[C@H]5/C=C\CC[C@H](C)C[C@@H](C)[C@H](CC(=O)OC(C)(C)C)C(=O)N4C3)c2cc1F. The first-order chi connectivity index (χ1) is 51.8. The van der Waals surface area contributed by atoms with E-state index >= 15 is 8.78 Å². The van der Waals surface area contributed by atoms with Crippen LogP contribution in [-0.2, 0) is 67.9 Å². The summed E-state index contributed by atoms with van der Waals surface area (Å²) in [5, 5.41) is 0.778. The van der Waals surface area contributed by atoms with Crippen LogP contribution in [-0.4, -0.2) is 156 Å². The van der Waals surface area contributed by atoms with Gasteiger partial charge in [-0.1, -0.05) is 52.0 Å². The van der Waals surface area contributed by atoms with Crippen molar-refractivity contribution < 1.29 is 92.4 Å². The third-order valence-corrected chi connectivity index (χ3v) is 26.3. The van der Waals surface area contributed by atoms with Crippen LogP contribution in [0.25, 0.3) is 21.5 Å². The number of Topliss-reactive ketones (excluding diaryl/α,β-unsaturated/α-hetero) is 2. The molecule has 0 spiro atoms. The Morgan fingerprint density at radius 3 is 1.27 bits per heavy atom. The fourth-order valence-corrected chi connectivity index (χ4v) is 19.2. The minimum absolute atomic E-state index is 0.0293. The average Bonchev–Trinajstić information content (AvgIpc) is 1.46. The molecule has 4 aliphatic heterocycles. The van der Waals surface area contributed by atoms with Crippen molar-refractivity contribution in [2.24, 2.45) is 58.2 Å². The van der Waals surface area contributed by atoms with Gasteiger partial charge in [-0.25, -0.2) is 35.6 Å². The van der Waals surface area contributed by atoms with Crippen molar-refractivity contribution in [1.82, 2.24) is 29.2 Å². The normalized spacial score (nSPS) is 29.7. The minimum atomic E-state index is -3.88. The average molecular weight is 1570 g/mol. The molecule has 6 heterocycles. The van der Waals surface area contributed by atoms with E-state index in [1.54, 1.807) is 79.7 Å². The Morgan fingerprint density at radius 2 is 0.927 bits per heavy atom. The number of ether oxygens (including phenoxy) is 6. The standard InChI is InChI=1S/2C41H54FN3O9S/c2*1-7-52-35-17-26-14-15-43-37(31(26)19-32(35)42)53-28-18-33-34(46)22-41(39(49)44-55(50,51)29-12-13-29)21-27(41)11-9-8-10-24(2)16-25(3)30(38(48)45(33)23-28)20-36(47)54-40(4,5)6/h2*9,11,14-15,17,19,24-25,27-30,33H,7-8,10,12-13,16,18,20-23H2,1-6H3,(H,44,49)/b2*11-9-/t24-,25+,27+,28+,30-,33-,41+;24-,25-,27-,28-,30+,33+,41-/m01/s1. The molecule has 110 heavy (non-hydrogen) atoms. The summed E-state index contributed by atoms with van der Waals surface area (Å²) in [5.41, 5.74) is -4.12. The van der Waals surface area contributed by atoms with Crippen LogP contribution in [0.5, 0.6) is 23.3 Å². The maximum Gasteiger partial charge on any atom is 0.307 e. The summed E-state index contributed by atoms with van der Waals surface area (Å²) in [6, 6.07) is 7.01. The van der Waals surface area contributed by atoms with Crippen molar-refractivity contribution in [1.29, 1.82) is 0 Å². The Bertz CT molecular complexity index is 4200. The smallest absolute Gasteiger partial charge is 0.307 e. The van der Waals surface area contributed by atoms with E-state index in [0.29, 0.717) is 85.8 Å². The highest BCUT2D eigenvalue weighted by Gasteiger charge is 2.63. The van der Waals surface area contributed by atoms with Crippen LogP contribution in [0, 0.1) is 69.8 Å². The lowest BCUT2D eigenvalue weighted by Gasteiger charge is -2.32. The Hall–Kier alpha value is -8.14. The van der Waals surface area contributed by atoms with E-state index in [1.165, 1.54) is 34.3 Å². The number of nitrogens with zero attached hydrogens (tertiary/aromatic N) is 4. The zero-order chi connectivity index (χ0) is 79.7. The lowest BCUT2D eigenvalue weighted by molar-refractivity contribution is -0.160. The maximum absolute atomic E-state index is 15.0. The Labute approximate surface area is 644 Å². The summed E-state index contributed by atoms with van der Waals surface area (Å²) < 4.78 is 121. The molecule has 0 unspecified atom stereocenters. The van der Waals surface area contributed by atoms with E-state index < -0.39 is 147 Å². The number of fused-ring (bicyclic) bond motifs is 6. The first kappa shape index (κ1) is 82.8. The Morgan fingerprint density at radius 1 is 0.555 bits per heavy atom. The van der Waals surface area contributed by atoms with Crippen molar-refractivity contribution >= 4 is 88.7 Å². The topological polar surface area (TPSA) is 317 Å². The van der Waals surface area contributed by atoms with Crippen molar-refractivity contribution in [3.05, 3.63) is 84.7 Å². The summed E-state index contributed by atoms with van der Waals surface area (Å²) in [5.74, 6) is -7.29. The van der Waals surface area contributed by atoms with Crippen LogP contribution in [0.1, 0.15) is 199 Å². The molecule has 4 aromatic rings. The Kier molecular flexibility index (Phi) is 25.0. The highest BCUT2D eigenvalue weighted by molar-refractivity contribution is 7.91. The highest BCUT2D eigenvalue weighted by atomic mass is 32.2. The molecule has 4 saturated carbocycles. The van der Waals surface area contributed by atoms with Gasteiger partial charge in [-0.15, -0.1) is 0 Å². The number of allylic oxidation sites excluding steroid dienone is 4. The predicted molar refractivity (Wildman–Crippen MR) is 406 cm³/mol. The molecule has 24 nitrogen and oxygen atoms in total. The molecule has 2 aromatic heterocycles. The molecule has 14 atom stereocenters. The summed E-state index contributed by atoms with van der Waals surface area (Å²) in [6.07, 6.45) is 15.3. The number of halogens is 2. The fourth-order valence-electron chi connectivity index (χ4n) is 16.4. The van der Waals surface area contributed by atoms with Gasteiger partial charge in [-0.2, -0.15) is 0 Å². The van der Waals surface area contributed by atoms with E-state index in [2.05, 4.69) is 33.3 Å². The van der Waals surface area contributed by atoms with Crippen LogP contribution in [0.15, 0.2) is 73.1 Å². The van der Waals surface area contributed by atoms with Gasteiger partial charge in [-0.3, -0.25) is 47.8 Å². The number of sulfonamides is 2. The van der Waals surface area contributed by atoms with Gasteiger partial charge in [0.05, 0.1) is 84.4 Å². The van der Waals surface area contributed by atoms with Crippen molar-refractivity contribution in [2.45, 2.75) is 245 Å². The van der Waals surface area contributed by atoms with Crippen LogP contribution >= 0.6 is 0 Å². The van der Waals surface area contributed by atoms with Gasteiger partial charge in [0.25, 0.3) is 0 Å². The maximum atomic E-state index is 15.0. The molecular formula is C82H108F2N6O18S2. The number of carbonyl (C=O) groups excluding carboxylic acids is 8. The molecule has 0 bridgehead atoms. The van der Waals surface area contributed by atoms with Gasteiger partial charge in [-0.05, 0) is 215 Å². The van der Waals surface area contributed by atoms with Crippen LogP contribution < -0.4 is 28.4 Å². The summed E-state index contributed by atoms with van der Waals surface area (Å²) in [7, 11) is -7.75. The molecule has 8 aliphatic rings. The van der Waals surface area contributed by atoms with Crippen LogP contribution in [0.4, 0.5) is 8.78 Å². The molecule has 2 aromatic carbocycles. The van der Waals surface area contributed by atoms with Crippen molar-refractivity contribution in [3.8, 4) is 23.3 Å². The summed E-state index contributed by atoms with van der Waals surface area (Å²) in [6.45, 7) is 22.7. The molecule has 4 aliphatic carbocycles. The second-order valence-corrected chi connectivity index (χ2v) is 38.0. The highest BCUT2D eigenvalue weighted by Crippen LogP contribution is 2.59. The quantitative estimate of drug-likeness (QED) is 0.0690. The molecule has 12 rings (SSSR count). The second-order valence-electron chi connectivity index (χ2n) is 34.1. The van der Waals surface area contributed by atoms with Gasteiger partial charge in [0.2, 0.25) is 55.4 Å². The van der Waals surface area contributed by atoms with E-state index in [-0.39, 0.29) is 124 Å². The number of aromatic nitrogens is 2. The molecule has 0 radical (unpaired) electrons. The lowest BCUT2D eigenvalue weighted by Crippen LogP contribution is -2.47. The van der Waals surface area contributed by atoms with Crippen LogP contribution in [0.3, 0.4) is 0 Å². The first-order valence-corrected chi connectivity index (χ1v) is 42.2. The predicted octanol–water partition coefficient (Wildman–Crippen LogP) is 12.1. The molecule has 28 heteroatoms. The number of rotatable bonds is 18. The van der Waals surface area contributed by atoms with Gasteiger partial charge in [0.1, 0.15) is 23.4 Å². The number of hydrogen-bond acceptors (Lipinski definition) is 20. The zero-order valence-electron chi connectivity index (χ0n) is 65.3. The molecule has 600 valence electrons. The van der Waals surface area contributed by atoms with Gasteiger partial charge < -0.3 is 38.2 Å². The largest absolute Gasteiger partial charge is 0.491 e. The van der Waals surface area contributed by atoms with E-state index in [4.69, 9.17) is 28.4 Å². The van der Waals surface area contributed by atoms with Gasteiger partial charge in [0, 0.05) is 48.8 Å². The molecular weight excluding hydrogens is 1460 g/mol. The Balaban J connectivity index is 0.000000218. The van der Waals surface area contributed by atoms with Crippen LogP contribution in [0.2, 0.25) is 0 Å². The van der Waals surface area contributed by atoms with Crippen molar-refractivity contribution in [2.75, 3.05) is 26.3 Å². The van der Waals surface area contributed by atoms with Crippen molar-refractivity contribution in [3.63, 3.8) is 0 Å². The number of pyridine rings is 2. The summed E-state index contributed by atoms with van der Waals surface area (Å²) in [4.78, 5) is 125. The number of nitrogens with one attached hydrogen (secondary N) is 2. The number of amides is 4. The number of esters is 2. The number of ketones is 2. The second kappa shape index (κ2) is 33.3. The molecule has 4 amide bonds. The fraction of sp³-hybridized carbons (Fsp3) is 0.634.